The molecule has 0 N–H and O–H groups in total. The molecule has 2 atom stereocenters. The molecular formula is C11H17ClO7. The zero-order valence-electron chi connectivity index (χ0n) is 11.0. The van der Waals surface area contributed by atoms with Gasteiger partial charge in [0.2, 0.25) is 0 Å². The molecular weight excluding hydrogens is 280 g/mol. The number of alkyl halides is 1. The van der Waals surface area contributed by atoms with Crippen LogP contribution in [0.25, 0.3) is 0 Å². The Morgan fingerprint density at radius 2 is 1.53 bits per heavy atom. The highest BCUT2D eigenvalue weighted by Crippen LogP contribution is 2.10. The molecule has 1 unspecified atom stereocenters. The van der Waals surface area contributed by atoms with Gasteiger partial charge in [-0.15, -0.1) is 0 Å². The summed E-state index contributed by atoms with van der Waals surface area (Å²) in [6, 6.07) is 0. The van der Waals surface area contributed by atoms with Gasteiger partial charge in [-0.3, -0.25) is 14.4 Å². The third kappa shape index (κ3) is 10.3. The van der Waals surface area contributed by atoms with Crippen molar-refractivity contribution in [3.63, 3.8) is 0 Å². The molecule has 0 fully saturated rings. The Balaban J connectivity index is 4.13. The van der Waals surface area contributed by atoms with Crippen LogP contribution in [0, 0.1) is 0 Å². The van der Waals surface area contributed by atoms with E-state index >= 15 is 0 Å². The first-order chi connectivity index (χ1) is 8.82. The number of hydrogen-bond donors (Lipinski definition) is 0. The SMILES string of the molecule is CC(=O)OCCOC(Cl)[C@H](COC(C)=O)OC(C)=O. The van der Waals surface area contributed by atoms with Crippen LogP contribution in [0.15, 0.2) is 0 Å². The van der Waals surface area contributed by atoms with Crippen molar-refractivity contribution in [2.45, 2.75) is 32.4 Å². The molecule has 0 bridgehead atoms. The highest BCUT2D eigenvalue weighted by molar-refractivity contribution is 6.20. The average Bonchev–Trinajstić information content (AvgIpc) is 2.28. The van der Waals surface area contributed by atoms with Crippen LogP contribution in [-0.2, 0) is 33.3 Å². The Bertz CT molecular complexity index is 318. The van der Waals surface area contributed by atoms with Crippen LogP contribution in [0.3, 0.4) is 0 Å². The van der Waals surface area contributed by atoms with Crippen molar-refractivity contribution < 1.29 is 33.3 Å². The van der Waals surface area contributed by atoms with E-state index in [0.29, 0.717) is 0 Å². The fraction of sp³-hybridized carbons (Fsp3) is 0.727. The molecule has 0 heterocycles. The minimum Gasteiger partial charge on any atom is -0.463 e. The van der Waals surface area contributed by atoms with E-state index in [1.54, 1.807) is 0 Å². The highest BCUT2D eigenvalue weighted by Gasteiger charge is 2.24. The van der Waals surface area contributed by atoms with E-state index < -0.39 is 29.6 Å². The fourth-order valence-electron chi connectivity index (χ4n) is 1.03. The molecule has 19 heavy (non-hydrogen) atoms. The maximum Gasteiger partial charge on any atom is 0.303 e. The quantitative estimate of drug-likeness (QED) is 0.281. The van der Waals surface area contributed by atoms with E-state index in [-0.39, 0.29) is 19.8 Å². The van der Waals surface area contributed by atoms with Gasteiger partial charge in [-0.2, -0.15) is 0 Å². The monoisotopic (exact) mass is 296 g/mol. The second-order valence-corrected chi connectivity index (χ2v) is 3.94. The Morgan fingerprint density at radius 1 is 0.947 bits per heavy atom. The number of ether oxygens (including phenoxy) is 4. The smallest absolute Gasteiger partial charge is 0.303 e. The lowest BCUT2D eigenvalue weighted by Crippen LogP contribution is -2.34. The summed E-state index contributed by atoms with van der Waals surface area (Å²) in [4.78, 5) is 32.1. The maximum atomic E-state index is 10.9. The molecule has 0 amide bonds. The molecule has 0 aliphatic carbocycles. The predicted molar refractivity (Wildman–Crippen MR) is 64.4 cm³/mol. The number of carbonyl (C=O) groups excluding carboxylic acids is 3. The maximum absolute atomic E-state index is 10.9. The summed E-state index contributed by atoms with van der Waals surface area (Å²) in [6.07, 6.45) is -0.930. The van der Waals surface area contributed by atoms with Crippen molar-refractivity contribution in [2.75, 3.05) is 19.8 Å². The molecule has 0 aromatic rings. The molecule has 110 valence electrons. The van der Waals surface area contributed by atoms with E-state index in [2.05, 4.69) is 4.74 Å². The lowest BCUT2D eigenvalue weighted by Gasteiger charge is -2.21. The first kappa shape index (κ1) is 17.7. The number of rotatable bonds is 8. The van der Waals surface area contributed by atoms with Gasteiger partial charge in [-0.25, -0.2) is 0 Å². The van der Waals surface area contributed by atoms with Crippen LogP contribution < -0.4 is 0 Å². The van der Waals surface area contributed by atoms with Gasteiger partial charge in [0.15, 0.2) is 11.7 Å². The lowest BCUT2D eigenvalue weighted by atomic mass is 10.4. The van der Waals surface area contributed by atoms with Crippen LogP contribution in [0.5, 0.6) is 0 Å². The van der Waals surface area contributed by atoms with Crippen LogP contribution in [-0.4, -0.2) is 49.4 Å². The molecule has 0 aliphatic rings. The van der Waals surface area contributed by atoms with Crippen LogP contribution >= 0.6 is 11.6 Å². The summed E-state index contributed by atoms with van der Waals surface area (Å²) in [5, 5.41) is 0. The average molecular weight is 297 g/mol. The summed E-state index contributed by atoms with van der Waals surface area (Å²) in [5.41, 5.74) is -1.01. The largest absolute Gasteiger partial charge is 0.463 e. The van der Waals surface area contributed by atoms with E-state index in [4.69, 9.17) is 25.8 Å². The minimum absolute atomic E-state index is 0.0267. The van der Waals surface area contributed by atoms with Crippen molar-refractivity contribution in [3.8, 4) is 0 Å². The molecule has 0 aromatic carbocycles. The lowest BCUT2D eigenvalue weighted by molar-refractivity contribution is -0.162. The summed E-state index contributed by atoms with van der Waals surface area (Å²) in [5.74, 6) is -1.54. The molecule has 0 spiro atoms. The zero-order chi connectivity index (χ0) is 14.8. The van der Waals surface area contributed by atoms with Gasteiger partial charge in [0.25, 0.3) is 0 Å². The second kappa shape index (κ2) is 9.57. The molecule has 8 heteroatoms. The third-order valence-electron chi connectivity index (χ3n) is 1.73. The van der Waals surface area contributed by atoms with Crippen molar-refractivity contribution in [2.24, 2.45) is 0 Å². The molecule has 0 rings (SSSR count). The zero-order valence-corrected chi connectivity index (χ0v) is 11.8. The third-order valence-corrected chi connectivity index (χ3v) is 2.13. The van der Waals surface area contributed by atoms with Gasteiger partial charge in [-0.1, -0.05) is 11.6 Å². The number of hydrogen-bond acceptors (Lipinski definition) is 7. The van der Waals surface area contributed by atoms with Crippen molar-refractivity contribution in [1.82, 2.24) is 0 Å². The van der Waals surface area contributed by atoms with Gasteiger partial charge >= 0.3 is 17.9 Å². The number of esters is 3. The van der Waals surface area contributed by atoms with Gasteiger partial charge in [-0.05, 0) is 0 Å². The van der Waals surface area contributed by atoms with E-state index in [9.17, 15) is 14.4 Å². The Hall–Kier alpha value is -1.34. The topological polar surface area (TPSA) is 88.1 Å². The van der Waals surface area contributed by atoms with E-state index in [1.807, 2.05) is 0 Å². The predicted octanol–water partition coefficient (Wildman–Crippen LogP) is 0.626. The van der Waals surface area contributed by atoms with Gasteiger partial charge in [0.1, 0.15) is 13.2 Å². The number of halogens is 1. The van der Waals surface area contributed by atoms with Crippen molar-refractivity contribution in [1.29, 1.82) is 0 Å². The van der Waals surface area contributed by atoms with Crippen molar-refractivity contribution in [3.05, 3.63) is 0 Å². The Kier molecular flexibility index (Phi) is 8.90. The highest BCUT2D eigenvalue weighted by atomic mass is 35.5. The first-order valence-electron chi connectivity index (χ1n) is 5.52. The van der Waals surface area contributed by atoms with Gasteiger partial charge < -0.3 is 18.9 Å². The Morgan fingerprint density at radius 3 is 2.00 bits per heavy atom. The van der Waals surface area contributed by atoms with Crippen LogP contribution in [0.4, 0.5) is 0 Å². The summed E-state index contributed by atoms with van der Waals surface area (Å²) >= 11 is 5.86. The molecule has 0 saturated heterocycles. The Labute approximate surface area is 116 Å². The molecule has 0 aromatic heterocycles. The van der Waals surface area contributed by atoms with Crippen LogP contribution in [0.1, 0.15) is 20.8 Å². The van der Waals surface area contributed by atoms with Crippen molar-refractivity contribution >= 4 is 29.5 Å². The van der Waals surface area contributed by atoms with Crippen LogP contribution in [0.2, 0.25) is 0 Å². The standard InChI is InChI=1S/C11H17ClO7/c1-7(13)16-4-5-17-11(12)10(19-9(3)15)6-18-8(2)14/h10-11H,4-6H2,1-3H3/t10-,11?/m0/s1. The molecule has 7 nitrogen and oxygen atoms in total. The van der Waals surface area contributed by atoms with Gasteiger partial charge in [0, 0.05) is 20.8 Å². The van der Waals surface area contributed by atoms with Gasteiger partial charge in [0.05, 0.1) is 6.61 Å². The normalized spacial score (nSPS) is 13.3. The number of carbonyl (C=O) groups is 3. The molecule has 0 radical (unpaired) electrons. The van der Waals surface area contributed by atoms with E-state index in [0.717, 1.165) is 0 Å². The summed E-state index contributed by atoms with van der Waals surface area (Å²) in [7, 11) is 0. The van der Waals surface area contributed by atoms with E-state index in [1.165, 1.54) is 20.8 Å². The minimum atomic E-state index is -1.01. The second-order valence-electron chi connectivity index (χ2n) is 3.51. The first-order valence-corrected chi connectivity index (χ1v) is 5.96. The molecule has 0 saturated carbocycles. The summed E-state index contributed by atoms with van der Waals surface area (Å²) < 4.78 is 19.3. The summed E-state index contributed by atoms with van der Waals surface area (Å²) in [6.45, 7) is 3.53. The fourth-order valence-corrected chi connectivity index (χ4v) is 1.24. The molecule has 0 aliphatic heterocycles.